The van der Waals surface area contributed by atoms with Crippen LogP contribution >= 0.6 is 11.3 Å². The predicted molar refractivity (Wildman–Crippen MR) is 116 cm³/mol. The van der Waals surface area contributed by atoms with Gasteiger partial charge in [-0.15, -0.1) is 10.2 Å². The second kappa shape index (κ2) is 8.81. The van der Waals surface area contributed by atoms with Crippen molar-refractivity contribution in [2.45, 2.75) is 30.6 Å². The Morgan fingerprint density at radius 1 is 1.19 bits per heavy atom. The Bertz CT molecular complexity index is 1200. The average Bonchev–Trinajstić information content (AvgIpc) is 3.27. The third-order valence-electron chi connectivity index (χ3n) is 5.17. The molecule has 1 fully saturated rings. The van der Waals surface area contributed by atoms with Gasteiger partial charge < -0.3 is 5.32 Å². The van der Waals surface area contributed by atoms with E-state index < -0.39 is 15.8 Å². The number of rotatable bonds is 5. The third-order valence-corrected chi connectivity index (χ3v) is 8.26. The molecule has 1 aliphatic rings. The molecule has 162 valence electrons. The topological polar surface area (TPSA) is 92.3 Å². The first-order valence-electron chi connectivity index (χ1n) is 9.80. The van der Waals surface area contributed by atoms with Crippen molar-refractivity contribution in [3.8, 4) is 0 Å². The van der Waals surface area contributed by atoms with E-state index in [2.05, 4.69) is 15.5 Å². The lowest BCUT2D eigenvalue weighted by atomic mass is 10.0. The van der Waals surface area contributed by atoms with Crippen molar-refractivity contribution in [2.75, 3.05) is 18.4 Å². The van der Waals surface area contributed by atoms with Crippen LogP contribution in [0.5, 0.6) is 0 Å². The Morgan fingerprint density at radius 2 is 1.97 bits per heavy atom. The molecular weight excluding hydrogens is 439 g/mol. The normalized spacial score (nSPS) is 17.4. The fourth-order valence-electron chi connectivity index (χ4n) is 3.55. The van der Waals surface area contributed by atoms with Gasteiger partial charge in [-0.25, -0.2) is 12.8 Å². The van der Waals surface area contributed by atoms with E-state index in [0.717, 1.165) is 12.5 Å². The molecule has 1 aliphatic heterocycles. The van der Waals surface area contributed by atoms with E-state index in [4.69, 9.17) is 0 Å². The van der Waals surface area contributed by atoms with Crippen LogP contribution in [0, 0.1) is 12.7 Å². The lowest BCUT2D eigenvalue weighted by Gasteiger charge is -2.31. The number of carbonyl (C=O) groups excluding carboxylic acids is 1. The number of hydrogen-bond acceptors (Lipinski definition) is 6. The van der Waals surface area contributed by atoms with Crippen molar-refractivity contribution in [2.24, 2.45) is 0 Å². The van der Waals surface area contributed by atoms with E-state index in [9.17, 15) is 17.6 Å². The summed E-state index contributed by atoms with van der Waals surface area (Å²) in [5.74, 6) is -1.12. The largest absolute Gasteiger partial charge is 0.320 e. The van der Waals surface area contributed by atoms with Crippen LogP contribution in [0.15, 0.2) is 53.4 Å². The number of aryl methyl sites for hydroxylation is 1. The number of sulfonamides is 1. The minimum absolute atomic E-state index is 0.0201. The van der Waals surface area contributed by atoms with Crippen molar-refractivity contribution < 1.29 is 17.6 Å². The minimum atomic E-state index is -3.84. The van der Waals surface area contributed by atoms with Crippen LogP contribution in [0.3, 0.4) is 0 Å². The molecule has 0 bridgehead atoms. The molecule has 1 amide bonds. The summed E-state index contributed by atoms with van der Waals surface area (Å²) in [6, 6.07) is 12.8. The zero-order valence-electron chi connectivity index (χ0n) is 16.8. The molecule has 7 nitrogen and oxygen atoms in total. The summed E-state index contributed by atoms with van der Waals surface area (Å²) in [7, 11) is -3.84. The number of amides is 1. The minimum Gasteiger partial charge on any atom is -0.320 e. The average molecular weight is 461 g/mol. The number of hydrogen-bond donors (Lipinski definition) is 1. The number of nitrogens with one attached hydrogen (secondary N) is 1. The molecule has 10 heteroatoms. The van der Waals surface area contributed by atoms with Gasteiger partial charge in [0.15, 0.2) is 0 Å². The van der Waals surface area contributed by atoms with Crippen LogP contribution in [0.1, 0.15) is 39.1 Å². The molecular formula is C21H21FN4O3S2. The van der Waals surface area contributed by atoms with Crippen molar-refractivity contribution in [3.63, 3.8) is 0 Å². The number of anilines is 1. The van der Waals surface area contributed by atoms with E-state index >= 15 is 0 Å². The van der Waals surface area contributed by atoms with Crippen LogP contribution in [0.2, 0.25) is 0 Å². The first-order valence-corrected chi connectivity index (χ1v) is 12.1. The van der Waals surface area contributed by atoms with Crippen molar-refractivity contribution in [1.82, 2.24) is 14.5 Å². The van der Waals surface area contributed by atoms with Gasteiger partial charge in [0.2, 0.25) is 15.0 Å². The van der Waals surface area contributed by atoms with E-state index in [1.165, 1.54) is 27.8 Å². The summed E-state index contributed by atoms with van der Waals surface area (Å²) in [4.78, 5) is 12.4. The number of piperidine rings is 1. The van der Waals surface area contributed by atoms with E-state index in [1.807, 2.05) is 18.2 Å². The first-order chi connectivity index (χ1) is 14.8. The van der Waals surface area contributed by atoms with Gasteiger partial charge in [-0.05, 0) is 49.6 Å². The molecule has 1 aromatic heterocycles. The van der Waals surface area contributed by atoms with Gasteiger partial charge in [0, 0.05) is 24.7 Å². The smallest absolute Gasteiger partial charge is 0.286 e. The Kier molecular flexibility index (Phi) is 6.12. The maximum absolute atomic E-state index is 13.7. The molecule has 1 N–H and O–H groups in total. The molecule has 31 heavy (non-hydrogen) atoms. The van der Waals surface area contributed by atoms with Crippen LogP contribution in [-0.2, 0) is 10.0 Å². The monoisotopic (exact) mass is 460 g/mol. The highest BCUT2D eigenvalue weighted by atomic mass is 32.2. The fourth-order valence-corrected chi connectivity index (χ4v) is 6.18. The highest BCUT2D eigenvalue weighted by molar-refractivity contribution is 7.89. The van der Waals surface area contributed by atoms with Gasteiger partial charge in [-0.1, -0.05) is 35.6 Å². The Labute approximate surface area is 184 Å². The molecule has 1 unspecified atom stereocenters. The number of benzene rings is 2. The molecule has 0 saturated carbocycles. The molecule has 0 aliphatic carbocycles. The summed E-state index contributed by atoms with van der Waals surface area (Å²) in [6.07, 6.45) is 1.38. The number of halogens is 1. The number of aromatic nitrogens is 2. The lowest BCUT2D eigenvalue weighted by Crippen LogP contribution is -2.39. The molecule has 1 saturated heterocycles. The number of para-hydroxylation sites is 1. The van der Waals surface area contributed by atoms with E-state index in [0.29, 0.717) is 29.2 Å². The summed E-state index contributed by atoms with van der Waals surface area (Å²) in [5, 5.41) is 11.8. The van der Waals surface area contributed by atoms with Gasteiger partial charge in [0.05, 0.1) is 4.90 Å². The Hall–Kier alpha value is -2.69. The predicted octanol–water partition coefficient (Wildman–Crippen LogP) is 3.81. The molecule has 0 spiro atoms. The van der Waals surface area contributed by atoms with Gasteiger partial charge in [-0.3, -0.25) is 4.79 Å². The van der Waals surface area contributed by atoms with E-state index in [-0.39, 0.29) is 28.3 Å². The molecule has 0 radical (unpaired) electrons. The van der Waals surface area contributed by atoms with Crippen LogP contribution in [0.25, 0.3) is 0 Å². The quantitative estimate of drug-likeness (QED) is 0.625. The Balaban J connectivity index is 1.50. The maximum atomic E-state index is 13.7. The first kappa shape index (κ1) is 21.5. The van der Waals surface area contributed by atoms with Gasteiger partial charge in [-0.2, -0.15) is 4.31 Å². The molecule has 1 atom stereocenters. The van der Waals surface area contributed by atoms with Crippen LogP contribution < -0.4 is 5.32 Å². The fraction of sp³-hybridized carbons (Fsp3) is 0.286. The highest BCUT2D eigenvalue weighted by Crippen LogP contribution is 2.32. The van der Waals surface area contributed by atoms with Crippen molar-refractivity contribution in [3.05, 3.63) is 69.9 Å². The number of nitrogens with zero attached hydrogens (tertiary/aromatic N) is 3. The van der Waals surface area contributed by atoms with E-state index in [1.54, 1.807) is 19.1 Å². The van der Waals surface area contributed by atoms with Crippen molar-refractivity contribution in [1.29, 1.82) is 0 Å². The van der Waals surface area contributed by atoms with Crippen LogP contribution in [-0.4, -0.2) is 41.9 Å². The molecule has 2 aromatic carbocycles. The zero-order valence-corrected chi connectivity index (χ0v) is 18.4. The standard InChI is InChI=1S/C21H21FN4O3S2/c1-14-9-10-16(22)12-18(14)31(28,29)26-11-5-6-15(13-26)20-24-25-21(30-20)19(27)23-17-7-3-2-4-8-17/h2-4,7-10,12,15H,5-6,11,13H2,1H3,(H,23,27). The third kappa shape index (κ3) is 4.65. The number of carbonyl (C=O) groups is 1. The zero-order chi connectivity index (χ0) is 22.0. The lowest BCUT2D eigenvalue weighted by molar-refractivity contribution is 0.102. The van der Waals surface area contributed by atoms with Crippen molar-refractivity contribution >= 4 is 33.0 Å². The second-order valence-corrected chi connectivity index (χ2v) is 10.3. The van der Waals surface area contributed by atoms with Gasteiger partial charge in [0.25, 0.3) is 5.91 Å². The summed E-state index contributed by atoms with van der Waals surface area (Å²) in [5.41, 5.74) is 1.16. The van der Waals surface area contributed by atoms with Gasteiger partial charge >= 0.3 is 0 Å². The molecule has 3 aromatic rings. The summed E-state index contributed by atoms with van der Waals surface area (Å²) < 4.78 is 41.3. The molecule has 2 heterocycles. The SMILES string of the molecule is Cc1ccc(F)cc1S(=O)(=O)N1CCCC(c2nnc(C(=O)Nc3ccccc3)s2)C1. The second-order valence-electron chi connectivity index (χ2n) is 7.38. The maximum Gasteiger partial charge on any atom is 0.286 e. The Morgan fingerprint density at radius 3 is 2.74 bits per heavy atom. The highest BCUT2D eigenvalue weighted by Gasteiger charge is 2.33. The van der Waals surface area contributed by atoms with Gasteiger partial charge in [0.1, 0.15) is 10.8 Å². The van der Waals surface area contributed by atoms with Crippen LogP contribution in [0.4, 0.5) is 10.1 Å². The summed E-state index contributed by atoms with van der Waals surface area (Å²) in [6.45, 7) is 2.22. The molecule has 4 rings (SSSR count). The summed E-state index contributed by atoms with van der Waals surface area (Å²) >= 11 is 1.17.